The second-order valence-electron chi connectivity index (χ2n) is 3.86. The summed E-state index contributed by atoms with van der Waals surface area (Å²) in [6, 6.07) is 10.6. The van der Waals surface area contributed by atoms with Gasteiger partial charge >= 0.3 is 0 Å². The zero-order valence-corrected chi connectivity index (χ0v) is 9.20. The Kier molecular flexibility index (Phi) is 5.31. The second kappa shape index (κ2) is 6.61. The largest absolute Gasteiger partial charge is 0.379 e. The molecule has 0 aliphatic heterocycles. The van der Waals surface area contributed by atoms with Gasteiger partial charge in [-0.25, -0.2) is 0 Å². The highest BCUT2D eigenvalue weighted by atomic mass is 16.5. The second-order valence-corrected chi connectivity index (χ2v) is 3.86. The van der Waals surface area contributed by atoms with E-state index in [0.717, 1.165) is 13.0 Å². The molecule has 0 saturated carbocycles. The summed E-state index contributed by atoms with van der Waals surface area (Å²) in [6.07, 6.45) is 3.92. The maximum absolute atomic E-state index is 5.48. The van der Waals surface area contributed by atoms with Gasteiger partial charge in [0.25, 0.3) is 0 Å². The van der Waals surface area contributed by atoms with E-state index in [2.05, 4.69) is 44.2 Å². The van der Waals surface area contributed by atoms with Gasteiger partial charge in [-0.3, -0.25) is 0 Å². The minimum absolute atomic E-state index is 0.367. The normalized spacial score (nSPS) is 10.8. The quantitative estimate of drug-likeness (QED) is 0.627. The minimum atomic E-state index is 0.367. The van der Waals surface area contributed by atoms with Crippen LogP contribution in [0.4, 0.5) is 0 Å². The summed E-state index contributed by atoms with van der Waals surface area (Å²) in [5.74, 6) is 0. The molecular weight excluding hydrogens is 172 g/mol. The predicted octanol–water partition coefficient (Wildman–Crippen LogP) is 3.43. The monoisotopic (exact) mass is 192 g/mol. The van der Waals surface area contributed by atoms with Crippen LogP contribution in [0.3, 0.4) is 0 Å². The van der Waals surface area contributed by atoms with Gasteiger partial charge in [0.15, 0.2) is 0 Å². The predicted molar refractivity (Wildman–Crippen MR) is 60.5 cm³/mol. The average Bonchev–Trinajstić information content (AvgIpc) is 2.18. The third kappa shape index (κ3) is 5.03. The molecule has 0 aliphatic carbocycles. The van der Waals surface area contributed by atoms with Crippen LogP contribution >= 0.6 is 0 Å². The molecule has 78 valence electrons. The number of unbranched alkanes of at least 4 members (excludes halogenated alkanes) is 1. The Morgan fingerprint density at radius 2 is 1.79 bits per heavy atom. The van der Waals surface area contributed by atoms with E-state index in [-0.39, 0.29) is 0 Å². The fraction of sp³-hybridized carbons (Fsp3) is 0.538. The summed E-state index contributed by atoms with van der Waals surface area (Å²) in [6.45, 7) is 5.05. The molecule has 0 aliphatic rings. The van der Waals surface area contributed by atoms with E-state index in [9.17, 15) is 0 Å². The van der Waals surface area contributed by atoms with Crippen molar-refractivity contribution in [1.29, 1.82) is 0 Å². The number of hydrogen-bond acceptors (Lipinski definition) is 1. The van der Waals surface area contributed by atoms with Crippen molar-refractivity contribution < 1.29 is 4.74 Å². The third-order valence-electron chi connectivity index (χ3n) is 2.15. The van der Waals surface area contributed by atoms with Crippen LogP contribution in [0.1, 0.15) is 32.3 Å². The number of rotatable bonds is 6. The smallest absolute Gasteiger partial charge is 0.0518 e. The van der Waals surface area contributed by atoms with Crippen molar-refractivity contribution in [3.05, 3.63) is 35.9 Å². The van der Waals surface area contributed by atoms with Crippen LogP contribution in [-0.4, -0.2) is 12.7 Å². The van der Waals surface area contributed by atoms with Gasteiger partial charge in [-0.05, 0) is 38.7 Å². The number of hydrogen-bond donors (Lipinski definition) is 0. The van der Waals surface area contributed by atoms with Gasteiger partial charge in [0.1, 0.15) is 0 Å². The van der Waals surface area contributed by atoms with Crippen LogP contribution in [0.25, 0.3) is 0 Å². The van der Waals surface area contributed by atoms with Gasteiger partial charge in [0.05, 0.1) is 6.10 Å². The van der Waals surface area contributed by atoms with Crippen molar-refractivity contribution in [2.45, 2.75) is 39.2 Å². The lowest BCUT2D eigenvalue weighted by Crippen LogP contribution is -2.03. The molecule has 0 spiro atoms. The number of ether oxygens (including phenoxy) is 1. The van der Waals surface area contributed by atoms with Crippen molar-refractivity contribution in [2.24, 2.45) is 0 Å². The molecule has 1 aromatic rings. The first kappa shape index (κ1) is 11.3. The Bertz CT molecular complexity index is 228. The van der Waals surface area contributed by atoms with Crippen LogP contribution in [0.5, 0.6) is 0 Å². The summed E-state index contributed by atoms with van der Waals surface area (Å²) in [5.41, 5.74) is 1.43. The van der Waals surface area contributed by atoms with Crippen molar-refractivity contribution in [3.63, 3.8) is 0 Å². The molecule has 0 radical (unpaired) electrons. The molecule has 0 heterocycles. The summed E-state index contributed by atoms with van der Waals surface area (Å²) in [7, 11) is 0. The van der Waals surface area contributed by atoms with Crippen LogP contribution in [0, 0.1) is 0 Å². The van der Waals surface area contributed by atoms with Crippen LogP contribution in [0.2, 0.25) is 0 Å². The van der Waals surface area contributed by atoms with Crippen LogP contribution in [-0.2, 0) is 11.2 Å². The van der Waals surface area contributed by atoms with Crippen LogP contribution in [0.15, 0.2) is 30.3 Å². The Hall–Kier alpha value is -0.820. The van der Waals surface area contributed by atoms with Gasteiger partial charge in [0, 0.05) is 6.61 Å². The van der Waals surface area contributed by atoms with Gasteiger partial charge in [-0.1, -0.05) is 30.3 Å². The summed E-state index contributed by atoms with van der Waals surface area (Å²) in [4.78, 5) is 0. The zero-order chi connectivity index (χ0) is 10.2. The van der Waals surface area contributed by atoms with Crippen molar-refractivity contribution in [2.75, 3.05) is 6.61 Å². The lowest BCUT2D eigenvalue weighted by Gasteiger charge is -2.06. The van der Waals surface area contributed by atoms with E-state index in [1.807, 2.05) is 0 Å². The van der Waals surface area contributed by atoms with E-state index in [1.165, 1.54) is 18.4 Å². The first-order valence-corrected chi connectivity index (χ1v) is 5.44. The maximum Gasteiger partial charge on any atom is 0.0518 e. The van der Waals surface area contributed by atoms with E-state index >= 15 is 0 Å². The molecule has 1 heteroatoms. The standard InChI is InChI=1S/C13H20O/c1-12(2)14-11-7-6-10-13-8-4-3-5-9-13/h3-5,8-9,12H,6-7,10-11H2,1-2H3. The topological polar surface area (TPSA) is 9.23 Å². The first-order valence-electron chi connectivity index (χ1n) is 5.44. The van der Waals surface area contributed by atoms with E-state index in [4.69, 9.17) is 4.74 Å². The van der Waals surface area contributed by atoms with Crippen LogP contribution < -0.4 is 0 Å². The molecule has 0 unspecified atom stereocenters. The summed E-state index contributed by atoms with van der Waals surface area (Å²) < 4.78 is 5.48. The van der Waals surface area contributed by atoms with Gasteiger partial charge in [-0.15, -0.1) is 0 Å². The summed E-state index contributed by atoms with van der Waals surface area (Å²) >= 11 is 0. The fourth-order valence-corrected chi connectivity index (χ4v) is 1.39. The Morgan fingerprint density at radius 1 is 1.07 bits per heavy atom. The molecule has 1 nitrogen and oxygen atoms in total. The lowest BCUT2D eigenvalue weighted by molar-refractivity contribution is 0.0761. The Morgan fingerprint density at radius 3 is 2.43 bits per heavy atom. The molecule has 0 amide bonds. The number of benzene rings is 1. The Balaban J connectivity index is 2.05. The van der Waals surface area contributed by atoms with Gasteiger partial charge < -0.3 is 4.74 Å². The zero-order valence-electron chi connectivity index (χ0n) is 9.20. The molecular formula is C13H20O. The average molecular weight is 192 g/mol. The van der Waals surface area contributed by atoms with Gasteiger partial charge in [0.2, 0.25) is 0 Å². The first-order chi connectivity index (χ1) is 6.79. The Labute approximate surface area is 87.1 Å². The highest BCUT2D eigenvalue weighted by Gasteiger charge is 1.94. The SMILES string of the molecule is CC(C)OCCCCc1ccccc1. The molecule has 0 N–H and O–H groups in total. The third-order valence-corrected chi connectivity index (χ3v) is 2.15. The number of aryl methyl sites for hydroxylation is 1. The van der Waals surface area contributed by atoms with Crippen molar-refractivity contribution in [1.82, 2.24) is 0 Å². The van der Waals surface area contributed by atoms with E-state index < -0.39 is 0 Å². The highest BCUT2D eigenvalue weighted by molar-refractivity contribution is 5.14. The van der Waals surface area contributed by atoms with Gasteiger partial charge in [-0.2, -0.15) is 0 Å². The van der Waals surface area contributed by atoms with Crippen molar-refractivity contribution >= 4 is 0 Å². The summed E-state index contributed by atoms with van der Waals surface area (Å²) in [5, 5.41) is 0. The molecule has 0 bridgehead atoms. The highest BCUT2D eigenvalue weighted by Crippen LogP contribution is 2.04. The molecule has 14 heavy (non-hydrogen) atoms. The fourth-order valence-electron chi connectivity index (χ4n) is 1.39. The van der Waals surface area contributed by atoms with E-state index in [0.29, 0.717) is 6.10 Å². The molecule has 0 fully saturated rings. The van der Waals surface area contributed by atoms with Crippen molar-refractivity contribution in [3.8, 4) is 0 Å². The molecule has 0 aromatic heterocycles. The maximum atomic E-state index is 5.48. The van der Waals surface area contributed by atoms with E-state index in [1.54, 1.807) is 0 Å². The molecule has 0 atom stereocenters. The molecule has 0 saturated heterocycles. The molecule has 1 rings (SSSR count). The lowest BCUT2D eigenvalue weighted by atomic mass is 10.1. The molecule has 1 aromatic carbocycles. The minimum Gasteiger partial charge on any atom is -0.379 e.